The van der Waals surface area contributed by atoms with Crippen LogP contribution in [0.25, 0.3) is 0 Å². The zero-order valence-electron chi connectivity index (χ0n) is 16.7. The molecule has 0 aliphatic rings. The summed E-state index contributed by atoms with van der Waals surface area (Å²) in [6, 6.07) is 16.8. The summed E-state index contributed by atoms with van der Waals surface area (Å²) in [4.78, 5) is 21.1. The van der Waals surface area contributed by atoms with E-state index < -0.39 is 0 Å². The molecule has 0 bridgehead atoms. The minimum absolute atomic E-state index is 0.277. The summed E-state index contributed by atoms with van der Waals surface area (Å²) < 4.78 is 10.7. The number of nitrogens with one attached hydrogen (secondary N) is 2. The van der Waals surface area contributed by atoms with Crippen LogP contribution in [0.1, 0.15) is 21.7 Å². The van der Waals surface area contributed by atoms with E-state index in [1.54, 1.807) is 13.2 Å². The fourth-order valence-corrected chi connectivity index (χ4v) is 2.69. The Morgan fingerprint density at radius 3 is 2.48 bits per heavy atom. The lowest BCUT2D eigenvalue weighted by molar-refractivity contribution is 0.0942. The Balaban J connectivity index is 1.55. The topological polar surface area (TPSA) is 85.4 Å². The number of hydrogen-bond acceptors (Lipinski definition) is 6. The van der Waals surface area contributed by atoms with Crippen molar-refractivity contribution < 1.29 is 14.3 Å². The largest absolute Gasteiger partial charge is 0.497 e. The number of hydrogen-bond donors (Lipinski definition) is 2. The SMILES string of the molecule is COc1ccc(OCCNC(=O)c2cc(C)nc(Nc3cccc(C)c3)n2)cc1. The third kappa shape index (κ3) is 5.93. The van der Waals surface area contributed by atoms with Gasteiger partial charge in [-0.2, -0.15) is 0 Å². The zero-order valence-corrected chi connectivity index (χ0v) is 16.7. The molecule has 7 heteroatoms. The minimum Gasteiger partial charge on any atom is -0.497 e. The van der Waals surface area contributed by atoms with Gasteiger partial charge in [-0.15, -0.1) is 0 Å². The number of methoxy groups -OCH3 is 1. The highest BCUT2D eigenvalue weighted by Crippen LogP contribution is 2.17. The van der Waals surface area contributed by atoms with Crippen LogP contribution in [0.2, 0.25) is 0 Å². The van der Waals surface area contributed by atoms with Gasteiger partial charge in [0.2, 0.25) is 5.95 Å². The maximum atomic E-state index is 12.4. The zero-order chi connectivity index (χ0) is 20.6. The van der Waals surface area contributed by atoms with Crippen LogP contribution in [0, 0.1) is 13.8 Å². The number of carbonyl (C=O) groups excluding carboxylic acids is 1. The van der Waals surface area contributed by atoms with Crippen molar-refractivity contribution in [2.45, 2.75) is 13.8 Å². The summed E-state index contributed by atoms with van der Waals surface area (Å²) >= 11 is 0. The van der Waals surface area contributed by atoms with Crippen LogP contribution >= 0.6 is 0 Å². The molecule has 150 valence electrons. The molecule has 0 aliphatic heterocycles. The van der Waals surface area contributed by atoms with Gasteiger partial charge in [-0.25, -0.2) is 9.97 Å². The van der Waals surface area contributed by atoms with Crippen LogP contribution < -0.4 is 20.1 Å². The highest BCUT2D eigenvalue weighted by atomic mass is 16.5. The quantitative estimate of drug-likeness (QED) is 0.569. The molecule has 0 saturated carbocycles. The van der Waals surface area contributed by atoms with Gasteiger partial charge in [0, 0.05) is 11.4 Å². The van der Waals surface area contributed by atoms with Crippen molar-refractivity contribution in [2.75, 3.05) is 25.6 Å². The summed E-state index contributed by atoms with van der Waals surface area (Å²) in [5.41, 5.74) is 3.00. The first-order valence-corrected chi connectivity index (χ1v) is 9.28. The maximum Gasteiger partial charge on any atom is 0.270 e. The van der Waals surface area contributed by atoms with Gasteiger partial charge in [0.25, 0.3) is 5.91 Å². The molecule has 0 fully saturated rings. The highest BCUT2D eigenvalue weighted by Gasteiger charge is 2.10. The number of benzene rings is 2. The predicted octanol–water partition coefficient (Wildman–Crippen LogP) is 3.65. The standard InChI is InChI=1S/C22H24N4O3/c1-15-5-4-6-17(13-15)25-22-24-16(2)14-20(26-22)21(27)23-11-12-29-19-9-7-18(28-3)8-10-19/h4-10,13-14H,11-12H2,1-3H3,(H,23,27)(H,24,25,26). The fraction of sp³-hybridized carbons (Fsp3) is 0.227. The van der Waals surface area contributed by atoms with Gasteiger partial charge in [0.1, 0.15) is 23.8 Å². The molecular weight excluding hydrogens is 368 g/mol. The molecule has 7 nitrogen and oxygen atoms in total. The first-order chi connectivity index (χ1) is 14.0. The van der Waals surface area contributed by atoms with Crippen LogP contribution in [-0.2, 0) is 0 Å². The Kier molecular flexibility index (Phi) is 6.63. The van der Waals surface area contributed by atoms with E-state index >= 15 is 0 Å². The van der Waals surface area contributed by atoms with E-state index in [9.17, 15) is 4.79 Å². The first kappa shape index (κ1) is 20.1. The van der Waals surface area contributed by atoms with Crippen LogP contribution in [0.15, 0.2) is 54.6 Å². The molecule has 3 aromatic rings. The second-order valence-corrected chi connectivity index (χ2v) is 6.49. The number of aromatic nitrogens is 2. The lowest BCUT2D eigenvalue weighted by Crippen LogP contribution is -2.29. The van der Waals surface area contributed by atoms with Crippen molar-refractivity contribution in [3.63, 3.8) is 0 Å². The summed E-state index contributed by atoms with van der Waals surface area (Å²) in [6.07, 6.45) is 0. The van der Waals surface area contributed by atoms with Crippen molar-refractivity contribution in [2.24, 2.45) is 0 Å². The second-order valence-electron chi connectivity index (χ2n) is 6.49. The molecule has 2 aromatic carbocycles. The monoisotopic (exact) mass is 392 g/mol. The number of amides is 1. The Morgan fingerprint density at radius 2 is 1.76 bits per heavy atom. The van der Waals surface area contributed by atoms with E-state index in [-0.39, 0.29) is 5.91 Å². The van der Waals surface area contributed by atoms with Crippen molar-refractivity contribution >= 4 is 17.5 Å². The molecule has 1 aromatic heterocycles. The number of rotatable bonds is 8. The molecule has 3 rings (SSSR count). The molecular formula is C22H24N4O3. The number of anilines is 2. The molecule has 0 unspecified atom stereocenters. The molecule has 2 N–H and O–H groups in total. The minimum atomic E-state index is -0.277. The van der Waals surface area contributed by atoms with Crippen LogP contribution in [0.3, 0.4) is 0 Å². The molecule has 1 heterocycles. The Hall–Kier alpha value is -3.61. The number of carbonyl (C=O) groups is 1. The average Bonchev–Trinajstić information content (AvgIpc) is 2.71. The van der Waals surface area contributed by atoms with E-state index in [0.29, 0.717) is 36.2 Å². The van der Waals surface area contributed by atoms with Crippen LogP contribution in [0.5, 0.6) is 11.5 Å². The Morgan fingerprint density at radius 1 is 1.00 bits per heavy atom. The molecule has 0 radical (unpaired) electrons. The molecule has 0 saturated heterocycles. The van der Waals surface area contributed by atoms with Crippen LogP contribution in [0.4, 0.5) is 11.6 Å². The summed E-state index contributed by atoms with van der Waals surface area (Å²) in [6.45, 7) is 4.53. The third-order valence-corrected chi connectivity index (χ3v) is 4.08. The third-order valence-electron chi connectivity index (χ3n) is 4.08. The molecule has 0 aliphatic carbocycles. The average molecular weight is 392 g/mol. The first-order valence-electron chi connectivity index (χ1n) is 9.28. The second kappa shape index (κ2) is 9.54. The fourth-order valence-electron chi connectivity index (χ4n) is 2.69. The Bertz CT molecular complexity index is 974. The smallest absolute Gasteiger partial charge is 0.270 e. The number of nitrogens with zero attached hydrogens (tertiary/aromatic N) is 2. The molecule has 1 amide bonds. The normalized spacial score (nSPS) is 10.3. The van der Waals surface area contributed by atoms with Gasteiger partial charge in [-0.1, -0.05) is 12.1 Å². The maximum absolute atomic E-state index is 12.4. The highest BCUT2D eigenvalue weighted by molar-refractivity contribution is 5.92. The van der Waals surface area contributed by atoms with E-state index in [1.165, 1.54) is 0 Å². The van der Waals surface area contributed by atoms with Gasteiger partial charge in [-0.05, 0) is 61.9 Å². The lowest BCUT2D eigenvalue weighted by Gasteiger charge is -2.10. The number of aryl methyl sites for hydroxylation is 2. The van der Waals surface area contributed by atoms with Crippen molar-refractivity contribution in [3.8, 4) is 11.5 Å². The summed E-state index contributed by atoms with van der Waals surface area (Å²) in [5.74, 6) is 1.58. The van der Waals surface area contributed by atoms with Gasteiger partial charge in [-0.3, -0.25) is 4.79 Å². The van der Waals surface area contributed by atoms with Crippen molar-refractivity contribution in [1.82, 2.24) is 15.3 Å². The van der Waals surface area contributed by atoms with E-state index in [4.69, 9.17) is 9.47 Å². The summed E-state index contributed by atoms with van der Waals surface area (Å²) in [7, 11) is 1.61. The van der Waals surface area contributed by atoms with Gasteiger partial charge in [0.15, 0.2) is 0 Å². The summed E-state index contributed by atoms with van der Waals surface area (Å²) in [5, 5.41) is 5.95. The molecule has 29 heavy (non-hydrogen) atoms. The van der Waals surface area contributed by atoms with E-state index in [2.05, 4.69) is 20.6 Å². The lowest BCUT2D eigenvalue weighted by atomic mass is 10.2. The van der Waals surface area contributed by atoms with Gasteiger partial charge < -0.3 is 20.1 Å². The predicted molar refractivity (Wildman–Crippen MR) is 112 cm³/mol. The van der Waals surface area contributed by atoms with Gasteiger partial charge in [0.05, 0.1) is 13.7 Å². The molecule has 0 spiro atoms. The van der Waals surface area contributed by atoms with Crippen LogP contribution in [-0.4, -0.2) is 36.1 Å². The van der Waals surface area contributed by atoms with E-state index in [1.807, 2.05) is 62.4 Å². The van der Waals surface area contributed by atoms with Crippen molar-refractivity contribution in [1.29, 1.82) is 0 Å². The Labute approximate surface area is 170 Å². The van der Waals surface area contributed by atoms with E-state index in [0.717, 1.165) is 17.0 Å². The number of ether oxygens (including phenoxy) is 2. The molecule has 0 atom stereocenters. The van der Waals surface area contributed by atoms with Crippen molar-refractivity contribution in [3.05, 3.63) is 71.5 Å². The van der Waals surface area contributed by atoms with Gasteiger partial charge >= 0.3 is 0 Å².